The van der Waals surface area contributed by atoms with Crippen LogP contribution in [0.25, 0.3) is 16.8 Å². The highest BCUT2D eigenvalue weighted by Crippen LogP contribution is 2.44. The van der Waals surface area contributed by atoms with Gasteiger partial charge in [0.1, 0.15) is 17.3 Å². The summed E-state index contributed by atoms with van der Waals surface area (Å²) in [4.78, 5) is 26.0. The van der Waals surface area contributed by atoms with Crippen LogP contribution in [0.2, 0.25) is 0 Å². The minimum absolute atomic E-state index is 0.00741. The molecule has 0 saturated carbocycles. The number of aromatic hydroxyl groups is 1. The van der Waals surface area contributed by atoms with Crippen molar-refractivity contribution in [2.75, 3.05) is 14.2 Å². The quantitative estimate of drug-likeness (QED) is 0.476. The van der Waals surface area contributed by atoms with Crippen molar-refractivity contribution in [1.29, 1.82) is 0 Å². The van der Waals surface area contributed by atoms with Crippen LogP contribution in [0.1, 0.15) is 56.4 Å². The molecule has 1 aliphatic heterocycles. The number of nitrogens with one attached hydrogen (secondary N) is 1. The van der Waals surface area contributed by atoms with Gasteiger partial charge in [0.25, 0.3) is 0 Å². The molecule has 1 aromatic carbocycles. The molecule has 0 atom stereocenters. The molecule has 0 spiro atoms. The molecule has 2 aromatic heterocycles. The van der Waals surface area contributed by atoms with Crippen LogP contribution in [0.4, 0.5) is 4.39 Å². The number of esters is 2. The number of carbonyl (C=O) groups is 2. The minimum Gasteiger partial charge on any atom is -0.505 e. The van der Waals surface area contributed by atoms with Crippen molar-refractivity contribution in [1.82, 2.24) is 14.9 Å². The molecule has 1 aliphatic rings. The number of hydrogen-bond acceptors (Lipinski definition) is 7. The van der Waals surface area contributed by atoms with Gasteiger partial charge in [-0.05, 0) is 62.6 Å². The predicted octanol–water partition coefficient (Wildman–Crippen LogP) is 4.86. The summed E-state index contributed by atoms with van der Waals surface area (Å²) in [7, 11) is 2.56. The van der Waals surface area contributed by atoms with Crippen molar-refractivity contribution in [3.63, 3.8) is 0 Å². The Morgan fingerprint density at radius 3 is 2.05 bits per heavy atom. The molecule has 194 valence electrons. The number of hydrogen-bond donors (Lipinski definition) is 2. The van der Waals surface area contributed by atoms with Crippen molar-refractivity contribution < 1.29 is 28.6 Å². The van der Waals surface area contributed by atoms with Gasteiger partial charge in [-0.15, -0.1) is 0 Å². The molecule has 0 saturated heterocycles. The summed E-state index contributed by atoms with van der Waals surface area (Å²) in [5, 5.41) is 19.2. The number of ether oxygens (including phenoxy) is 2. The van der Waals surface area contributed by atoms with E-state index in [1.165, 1.54) is 26.4 Å². The van der Waals surface area contributed by atoms with E-state index in [4.69, 9.17) is 14.6 Å². The van der Waals surface area contributed by atoms with Crippen molar-refractivity contribution >= 4 is 17.5 Å². The van der Waals surface area contributed by atoms with Crippen molar-refractivity contribution in [3.8, 4) is 17.0 Å². The van der Waals surface area contributed by atoms with E-state index in [1.807, 2.05) is 26.8 Å². The number of methoxy groups -OCH3 is 2. The van der Waals surface area contributed by atoms with Crippen LogP contribution in [0.15, 0.2) is 52.9 Å². The largest absolute Gasteiger partial charge is 0.505 e. The van der Waals surface area contributed by atoms with Gasteiger partial charge in [0.2, 0.25) is 0 Å². The zero-order valence-corrected chi connectivity index (χ0v) is 21.9. The molecule has 2 N–H and O–H groups in total. The van der Waals surface area contributed by atoms with Gasteiger partial charge in [-0.3, -0.25) is 0 Å². The lowest BCUT2D eigenvalue weighted by Gasteiger charge is -2.29. The zero-order chi connectivity index (χ0) is 27.2. The van der Waals surface area contributed by atoms with Crippen molar-refractivity contribution in [2.24, 2.45) is 0 Å². The van der Waals surface area contributed by atoms with E-state index in [-0.39, 0.29) is 28.5 Å². The SMILES string of the molecule is COC(=O)C1=C(C)NC(C)=C(C(=O)OC)C1c1cc(C)c2c(C(C)C)c(O)c(-c3ccc(F)cc3)nn12. The maximum atomic E-state index is 13.7. The van der Waals surface area contributed by atoms with Crippen LogP contribution < -0.4 is 5.32 Å². The monoisotopic (exact) mass is 507 g/mol. The molecule has 0 amide bonds. The first kappa shape index (κ1) is 25.9. The number of carbonyl (C=O) groups excluding carboxylic acids is 2. The molecule has 0 bridgehead atoms. The molecule has 9 heteroatoms. The topological polar surface area (TPSA) is 102 Å². The molecule has 0 fully saturated rings. The highest BCUT2D eigenvalue weighted by atomic mass is 19.1. The van der Waals surface area contributed by atoms with E-state index in [0.29, 0.717) is 33.7 Å². The lowest BCUT2D eigenvalue weighted by atomic mass is 9.83. The van der Waals surface area contributed by atoms with Gasteiger partial charge in [0.15, 0.2) is 0 Å². The maximum absolute atomic E-state index is 13.7. The Balaban J connectivity index is 2.13. The van der Waals surface area contributed by atoms with Gasteiger partial charge in [-0.2, -0.15) is 5.10 Å². The van der Waals surface area contributed by atoms with Crippen LogP contribution in [-0.4, -0.2) is 40.9 Å². The fourth-order valence-electron chi connectivity index (χ4n) is 5.07. The molecule has 0 unspecified atom stereocenters. The molecule has 3 aromatic rings. The van der Waals surface area contributed by atoms with Crippen LogP contribution in [0.3, 0.4) is 0 Å². The summed E-state index contributed by atoms with van der Waals surface area (Å²) in [6.07, 6.45) is 0. The molecular formula is C28H30FN3O5. The minimum atomic E-state index is -0.861. The van der Waals surface area contributed by atoms with Gasteiger partial charge in [0.05, 0.1) is 42.5 Å². The van der Waals surface area contributed by atoms with E-state index in [9.17, 15) is 19.1 Å². The average molecular weight is 508 g/mol. The highest BCUT2D eigenvalue weighted by molar-refractivity contribution is 6.00. The first-order valence-corrected chi connectivity index (χ1v) is 11.9. The Hall–Kier alpha value is -4.14. The van der Waals surface area contributed by atoms with Crippen LogP contribution in [0, 0.1) is 12.7 Å². The summed E-state index contributed by atoms with van der Waals surface area (Å²) >= 11 is 0. The number of rotatable bonds is 5. The number of allylic oxidation sites excluding steroid dienone is 2. The summed E-state index contributed by atoms with van der Waals surface area (Å²) in [5.74, 6) is -2.58. The van der Waals surface area contributed by atoms with Gasteiger partial charge >= 0.3 is 11.9 Å². The van der Waals surface area contributed by atoms with Crippen LogP contribution in [0.5, 0.6) is 5.75 Å². The highest BCUT2D eigenvalue weighted by Gasteiger charge is 2.40. The van der Waals surface area contributed by atoms with Gasteiger partial charge in [0, 0.05) is 22.5 Å². The Kier molecular flexibility index (Phi) is 6.82. The normalized spacial score (nSPS) is 14.4. The fraction of sp³-hybridized carbons (Fsp3) is 0.321. The van der Waals surface area contributed by atoms with Crippen LogP contribution >= 0.6 is 0 Å². The van der Waals surface area contributed by atoms with Gasteiger partial charge < -0.3 is 19.9 Å². The summed E-state index contributed by atoms with van der Waals surface area (Å²) in [5.41, 5.74) is 4.98. The second-order valence-electron chi connectivity index (χ2n) is 9.40. The van der Waals surface area contributed by atoms with E-state index in [0.717, 1.165) is 5.56 Å². The standard InChI is InChI=1S/C28H30FN3O5/c1-13(2)20-25-14(3)12-19(32(25)31-24(26(20)33)17-8-10-18(29)11-9-17)23-21(27(34)36-6)15(4)30-16(5)22(23)28(35)37-7/h8-13,23,30,33H,1-7H3. The number of nitrogens with zero attached hydrogens (tertiary/aromatic N) is 2. The Morgan fingerprint density at radius 2 is 1.57 bits per heavy atom. The van der Waals surface area contributed by atoms with Crippen molar-refractivity contribution in [2.45, 2.75) is 46.5 Å². The molecule has 8 nitrogen and oxygen atoms in total. The summed E-state index contributed by atoms with van der Waals surface area (Å²) < 4.78 is 25.5. The van der Waals surface area contributed by atoms with Gasteiger partial charge in [-0.1, -0.05) is 13.8 Å². The summed E-state index contributed by atoms with van der Waals surface area (Å²) in [6.45, 7) is 9.26. The smallest absolute Gasteiger partial charge is 0.336 e. The molecule has 4 rings (SSSR count). The number of benzene rings is 1. The Bertz CT molecular complexity index is 1440. The van der Waals surface area contributed by atoms with Crippen LogP contribution in [-0.2, 0) is 19.1 Å². The molecule has 0 radical (unpaired) electrons. The lowest BCUT2D eigenvalue weighted by molar-refractivity contribution is -0.137. The fourth-order valence-corrected chi connectivity index (χ4v) is 5.07. The maximum Gasteiger partial charge on any atom is 0.336 e. The zero-order valence-electron chi connectivity index (χ0n) is 21.9. The van der Waals surface area contributed by atoms with E-state index in [1.54, 1.807) is 30.5 Å². The first-order chi connectivity index (χ1) is 17.5. The average Bonchev–Trinajstić information content (AvgIpc) is 3.18. The number of halogens is 1. The molecule has 0 aliphatic carbocycles. The third-order valence-electron chi connectivity index (χ3n) is 6.69. The van der Waals surface area contributed by atoms with E-state index >= 15 is 0 Å². The molecule has 3 heterocycles. The summed E-state index contributed by atoms with van der Waals surface area (Å²) in [6, 6.07) is 7.54. The number of dihydropyridines is 1. The Labute approximate surface area is 214 Å². The third-order valence-corrected chi connectivity index (χ3v) is 6.69. The first-order valence-electron chi connectivity index (χ1n) is 11.9. The number of aromatic nitrogens is 2. The Morgan fingerprint density at radius 1 is 1.03 bits per heavy atom. The lowest BCUT2D eigenvalue weighted by Crippen LogP contribution is -2.32. The predicted molar refractivity (Wildman–Crippen MR) is 136 cm³/mol. The van der Waals surface area contributed by atoms with E-state index < -0.39 is 23.7 Å². The second-order valence-corrected chi connectivity index (χ2v) is 9.40. The third kappa shape index (κ3) is 4.24. The number of fused-ring (bicyclic) bond motifs is 1. The molecule has 37 heavy (non-hydrogen) atoms. The second kappa shape index (κ2) is 9.72. The number of aryl methyl sites for hydroxylation is 1. The van der Waals surface area contributed by atoms with Crippen molar-refractivity contribution in [3.05, 3.63) is 75.5 Å². The van der Waals surface area contributed by atoms with E-state index in [2.05, 4.69) is 5.32 Å². The van der Waals surface area contributed by atoms with Gasteiger partial charge in [-0.25, -0.2) is 18.5 Å². The molecular weight excluding hydrogens is 477 g/mol.